The monoisotopic (exact) mass is 160 g/mol. The van der Waals surface area contributed by atoms with Crippen molar-refractivity contribution in [2.24, 2.45) is 5.73 Å². The van der Waals surface area contributed by atoms with Crippen LogP contribution >= 0.6 is 0 Å². The van der Waals surface area contributed by atoms with Crippen molar-refractivity contribution in [3.63, 3.8) is 0 Å². The van der Waals surface area contributed by atoms with Crippen molar-refractivity contribution in [1.82, 2.24) is 4.90 Å². The highest BCUT2D eigenvalue weighted by Crippen LogP contribution is 1.95. The lowest BCUT2D eigenvalue weighted by Crippen LogP contribution is -2.40. The minimum Gasteiger partial charge on any atom is -0.379 e. The summed E-state index contributed by atoms with van der Waals surface area (Å²) in [5.41, 5.74) is 4.97. The molecule has 3 N–H and O–H groups in total. The average Bonchev–Trinajstić information content (AvgIpc) is 1.86. The van der Waals surface area contributed by atoms with E-state index in [1.165, 1.54) is 0 Å². The molecule has 4 nitrogen and oxygen atoms in total. The average molecular weight is 160 g/mol. The van der Waals surface area contributed by atoms with E-state index in [9.17, 15) is 4.79 Å². The molecule has 0 aliphatic carbocycles. The first-order valence-corrected chi connectivity index (χ1v) is 3.78. The number of aliphatic hydroxyl groups excluding tert-OH is 1. The van der Waals surface area contributed by atoms with Gasteiger partial charge in [0.05, 0.1) is 6.54 Å². The van der Waals surface area contributed by atoms with Gasteiger partial charge in [0.15, 0.2) is 0 Å². The first-order valence-electron chi connectivity index (χ1n) is 3.78. The first-order chi connectivity index (χ1) is 5.07. The van der Waals surface area contributed by atoms with E-state index < -0.39 is 12.1 Å². The van der Waals surface area contributed by atoms with Gasteiger partial charge < -0.3 is 10.8 Å². The van der Waals surface area contributed by atoms with E-state index in [0.29, 0.717) is 6.54 Å². The Hall–Kier alpha value is -0.610. The summed E-state index contributed by atoms with van der Waals surface area (Å²) < 4.78 is 0. The number of primary amides is 1. The second kappa shape index (κ2) is 5.09. The zero-order chi connectivity index (χ0) is 8.85. The number of carbonyl (C=O) groups excluding carboxylic acids is 1. The Balaban J connectivity index is 3.79. The summed E-state index contributed by atoms with van der Waals surface area (Å²) in [6.07, 6.45) is 0.306. The highest BCUT2D eigenvalue weighted by molar-refractivity contribution is 5.75. The Morgan fingerprint density at radius 2 is 2.27 bits per heavy atom. The van der Waals surface area contributed by atoms with Crippen LogP contribution in [-0.2, 0) is 4.79 Å². The number of carbonyl (C=O) groups is 1. The van der Waals surface area contributed by atoms with Crippen LogP contribution in [0.1, 0.15) is 20.3 Å². The second-order valence-corrected chi connectivity index (χ2v) is 2.57. The van der Waals surface area contributed by atoms with Gasteiger partial charge in [0.2, 0.25) is 5.91 Å². The Labute approximate surface area is 67.0 Å². The molecule has 0 aromatic heterocycles. The fraction of sp³-hybridized carbons (Fsp3) is 0.857. The maximum atomic E-state index is 10.5. The third-order valence-corrected chi connectivity index (χ3v) is 1.40. The molecular formula is C7H16N2O2. The number of amides is 1. The fourth-order valence-corrected chi connectivity index (χ4v) is 0.885. The highest BCUT2D eigenvalue weighted by Gasteiger charge is 2.11. The molecule has 0 aromatic rings. The summed E-state index contributed by atoms with van der Waals surface area (Å²) in [6, 6.07) is 0. The molecule has 0 heterocycles. The van der Waals surface area contributed by atoms with Crippen LogP contribution < -0.4 is 5.73 Å². The zero-order valence-corrected chi connectivity index (χ0v) is 7.08. The summed E-state index contributed by atoms with van der Waals surface area (Å²) in [5.74, 6) is -0.403. The van der Waals surface area contributed by atoms with Gasteiger partial charge in [-0.05, 0) is 13.3 Å². The van der Waals surface area contributed by atoms with Crippen LogP contribution in [0.2, 0.25) is 0 Å². The van der Waals surface area contributed by atoms with Crippen molar-refractivity contribution in [3.05, 3.63) is 0 Å². The largest absolute Gasteiger partial charge is 0.379 e. The molecule has 0 saturated carbocycles. The van der Waals surface area contributed by atoms with E-state index in [1.54, 1.807) is 11.8 Å². The SMILES string of the molecule is CCCN(CC(N)=O)[C@H](C)O. The lowest BCUT2D eigenvalue weighted by molar-refractivity contribution is -0.121. The highest BCUT2D eigenvalue weighted by atomic mass is 16.3. The number of rotatable bonds is 5. The van der Waals surface area contributed by atoms with Crippen molar-refractivity contribution in [1.29, 1.82) is 0 Å². The van der Waals surface area contributed by atoms with E-state index in [4.69, 9.17) is 10.8 Å². The van der Waals surface area contributed by atoms with Crippen LogP contribution in [0.3, 0.4) is 0 Å². The summed E-state index contributed by atoms with van der Waals surface area (Å²) in [6.45, 7) is 4.43. The molecule has 0 aliphatic rings. The van der Waals surface area contributed by atoms with Crippen LogP contribution in [0.4, 0.5) is 0 Å². The molecule has 0 radical (unpaired) electrons. The Bertz CT molecular complexity index is 126. The number of nitrogens with two attached hydrogens (primary N) is 1. The summed E-state index contributed by atoms with van der Waals surface area (Å²) in [4.78, 5) is 12.1. The summed E-state index contributed by atoms with van der Waals surface area (Å²) in [7, 11) is 0. The van der Waals surface area contributed by atoms with Crippen molar-refractivity contribution in [3.8, 4) is 0 Å². The van der Waals surface area contributed by atoms with Gasteiger partial charge in [0, 0.05) is 6.54 Å². The minimum atomic E-state index is -0.595. The number of hydrogen-bond donors (Lipinski definition) is 2. The lowest BCUT2D eigenvalue weighted by Gasteiger charge is -2.22. The summed E-state index contributed by atoms with van der Waals surface area (Å²) in [5, 5.41) is 9.11. The van der Waals surface area contributed by atoms with E-state index in [1.807, 2.05) is 6.92 Å². The van der Waals surface area contributed by atoms with E-state index in [-0.39, 0.29) is 6.54 Å². The van der Waals surface area contributed by atoms with Crippen molar-refractivity contribution in [2.45, 2.75) is 26.5 Å². The van der Waals surface area contributed by atoms with Gasteiger partial charge in [0.1, 0.15) is 6.23 Å². The van der Waals surface area contributed by atoms with Crippen molar-refractivity contribution < 1.29 is 9.90 Å². The molecule has 1 amide bonds. The van der Waals surface area contributed by atoms with Gasteiger partial charge in [0.25, 0.3) is 0 Å². The molecule has 66 valence electrons. The minimum absolute atomic E-state index is 0.130. The van der Waals surface area contributed by atoms with Gasteiger partial charge in [-0.2, -0.15) is 0 Å². The maximum absolute atomic E-state index is 10.5. The van der Waals surface area contributed by atoms with E-state index in [2.05, 4.69) is 0 Å². The Morgan fingerprint density at radius 1 is 1.73 bits per heavy atom. The molecule has 0 spiro atoms. The van der Waals surface area contributed by atoms with Crippen LogP contribution in [-0.4, -0.2) is 35.2 Å². The Morgan fingerprint density at radius 3 is 2.55 bits per heavy atom. The molecule has 0 bridgehead atoms. The first kappa shape index (κ1) is 10.4. The third kappa shape index (κ3) is 4.75. The standard InChI is InChI=1S/C7H16N2O2/c1-3-4-9(6(2)10)5-7(8)11/h6,10H,3-5H2,1-2H3,(H2,8,11)/t6-/m0/s1. The van der Waals surface area contributed by atoms with E-state index in [0.717, 1.165) is 6.42 Å². The van der Waals surface area contributed by atoms with E-state index >= 15 is 0 Å². The van der Waals surface area contributed by atoms with Crippen molar-refractivity contribution in [2.75, 3.05) is 13.1 Å². The second-order valence-electron chi connectivity index (χ2n) is 2.57. The molecule has 11 heavy (non-hydrogen) atoms. The van der Waals surface area contributed by atoms with Gasteiger partial charge >= 0.3 is 0 Å². The van der Waals surface area contributed by atoms with Crippen LogP contribution in [0, 0.1) is 0 Å². The van der Waals surface area contributed by atoms with Gasteiger partial charge in [-0.1, -0.05) is 6.92 Å². The molecule has 0 rings (SSSR count). The summed E-state index contributed by atoms with van der Waals surface area (Å²) >= 11 is 0. The third-order valence-electron chi connectivity index (χ3n) is 1.40. The molecule has 0 saturated heterocycles. The smallest absolute Gasteiger partial charge is 0.231 e. The fourth-order valence-electron chi connectivity index (χ4n) is 0.885. The normalized spacial score (nSPS) is 13.5. The molecule has 0 aliphatic heterocycles. The molecule has 0 fully saturated rings. The number of aliphatic hydroxyl groups is 1. The number of nitrogens with zero attached hydrogens (tertiary/aromatic N) is 1. The predicted molar refractivity (Wildman–Crippen MR) is 42.7 cm³/mol. The molecule has 0 aromatic carbocycles. The van der Waals surface area contributed by atoms with Gasteiger partial charge in [-0.25, -0.2) is 0 Å². The van der Waals surface area contributed by atoms with Crippen LogP contribution in [0.5, 0.6) is 0 Å². The van der Waals surface area contributed by atoms with Crippen LogP contribution in [0.15, 0.2) is 0 Å². The van der Waals surface area contributed by atoms with Crippen molar-refractivity contribution >= 4 is 5.91 Å². The molecule has 0 unspecified atom stereocenters. The molecule has 4 heteroatoms. The zero-order valence-electron chi connectivity index (χ0n) is 7.08. The lowest BCUT2D eigenvalue weighted by atomic mass is 10.4. The maximum Gasteiger partial charge on any atom is 0.231 e. The molecular weight excluding hydrogens is 144 g/mol. The quantitative estimate of drug-likeness (QED) is 0.534. The predicted octanol–water partition coefficient (Wildman–Crippen LogP) is -0.478. The van der Waals surface area contributed by atoms with Crippen LogP contribution in [0.25, 0.3) is 0 Å². The van der Waals surface area contributed by atoms with Gasteiger partial charge in [-0.15, -0.1) is 0 Å². The topological polar surface area (TPSA) is 66.6 Å². The number of hydrogen-bond acceptors (Lipinski definition) is 3. The molecule has 1 atom stereocenters. The van der Waals surface area contributed by atoms with Gasteiger partial charge in [-0.3, -0.25) is 9.69 Å². The Kier molecular flexibility index (Phi) is 4.81.